The van der Waals surface area contributed by atoms with Crippen molar-refractivity contribution in [2.75, 3.05) is 20.2 Å². The molecule has 2 rings (SSSR count). The van der Waals surface area contributed by atoms with Crippen LogP contribution >= 0.6 is 0 Å². The van der Waals surface area contributed by atoms with E-state index in [1.54, 1.807) is 4.90 Å². The number of carbonyl (C=O) groups is 2. The number of amides is 1. The average Bonchev–Trinajstić information content (AvgIpc) is 2.48. The topological polar surface area (TPSA) is 66.8 Å². The highest BCUT2D eigenvalue weighted by molar-refractivity contribution is 5.82. The van der Waals surface area contributed by atoms with Crippen molar-refractivity contribution in [3.8, 4) is 0 Å². The molecule has 0 bridgehead atoms. The van der Waals surface area contributed by atoms with Crippen molar-refractivity contribution in [1.82, 2.24) is 4.90 Å². The number of piperidine rings is 1. The molecule has 3 atom stereocenters. The van der Waals surface area contributed by atoms with Crippen LogP contribution in [0.1, 0.15) is 25.0 Å². The van der Waals surface area contributed by atoms with Gasteiger partial charge in [-0.15, -0.1) is 0 Å². The standard InChI is InChI=1S/C16H21NO4/c1-11-10-17(9-8-13(11)16(19)20)15(18)14(21-2)12-6-4-3-5-7-12/h3-7,11,13-14H,8-10H2,1-2H3,(H,19,20). The first kappa shape index (κ1) is 15.5. The molecule has 0 radical (unpaired) electrons. The number of ether oxygens (including phenoxy) is 1. The summed E-state index contributed by atoms with van der Waals surface area (Å²) in [5, 5.41) is 9.14. The minimum atomic E-state index is -0.777. The predicted molar refractivity (Wildman–Crippen MR) is 77.7 cm³/mol. The molecule has 1 fully saturated rings. The minimum absolute atomic E-state index is 0.0477. The van der Waals surface area contributed by atoms with E-state index in [1.165, 1.54) is 7.11 Å². The van der Waals surface area contributed by atoms with Gasteiger partial charge in [-0.1, -0.05) is 37.3 Å². The number of aliphatic carboxylic acids is 1. The Kier molecular flexibility index (Phi) is 4.96. The largest absolute Gasteiger partial charge is 0.481 e. The first-order valence-electron chi connectivity index (χ1n) is 7.14. The fourth-order valence-corrected chi connectivity index (χ4v) is 2.89. The van der Waals surface area contributed by atoms with Crippen LogP contribution < -0.4 is 0 Å². The van der Waals surface area contributed by atoms with Gasteiger partial charge in [0.2, 0.25) is 0 Å². The van der Waals surface area contributed by atoms with Crippen LogP contribution in [0.2, 0.25) is 0 Å². The van der Waals surface area contributed by atoms with Crippen molar-refractivity contribution in [3.63, 3.8) is 0 Å². The van der Waals surface area contributed by atoms with Crippen LogP contribution in [0.25, 0.3) is 0 Å². The van der Waals surface area contributed by atoms with Gasteiger partial charge in [0.05, 0.1) is 5.92 Å². The van der Waals surface area contributed by atoms with E-state index in [-0.39, 0.29) is 17.7 Å². The second-order valence-electron chi connectivity index (χ2n) is 5.52. The summed E-state index contributed by atoms with van der Waals surface area (Å²) in [7, 11) is 1.52. The molecule has 0 spiro atoms. The molecule has 1 aromatic carbocycles. The molecular formula is C16H21NO4. The van der Waals surface area contributed by atoms with Gasteiger partial charge in [0, 0.05) is 20.2 Å². The normalized spacial score (nSPS) is 23.6. The number of carboxylic acids is 1. The summed E-state index contributed by atoms with van der Waals surface area (Å²) in [6.07, 6.45) is -0.132. The third-order valence-electron chi connectivity index (χ3n) is 4.10. The predicted octanol–water partition coefficient (Wildman–Crippen LogP) is 1.94. The lowest BCUT2D eigenvalue weighted by atomic mass is 9.86. The van der Waals surface area contributed by atoms with Gasteiger partial charge in [-0.2, -0.15) is 0 Å². The summed E-state index contributed by atoms with van der Waals surface area (Å²) >= 11 is 0. The molecule has 3 unspecified atom stereocenters. The zero-order valence-electron chi connectivity index (χ0n) is 12.4. The lowest BCUT2D eigenvalue weighted by Crippen LogP contribution is -2.46. The molecule has 5 nitrogen and oxygen atoms in total. The van der Waals surface area contributed by atoms with E-state index in [9.17, 15) is 9.59 Å². The molecule has 1 aromatic rings. The molecule has 0 aromatic heterocycles. The number of benzene rings is 1. The second-order valence-corrected chi connectivity index (χ2v) is 5.52. The van der Waals surface area contributed by atoms with E-state index in [1.807, 2.05) is 37.3 Å². The third-order valence-corrected chi connectivity index (χ3v) is 4.10. The molecule has 1 aliphatic rings. The van der Waals surface area contributed by atoms with Gasteiger partial charge in [0.25, 0.3) is 5.91 Å². The highest BCUT2D eigenvalue weighted by Gasteiger charge is 2.35. The van der Waals surface area contributed by atoms with Crippen LogP contribution in [0.15, 0.2) is 30.3 Å². The van der Waals surface area contributed by atoms with Gasteiger partial charge in [-0.05, 0) is 17.9 Å². The summed E-state index contributed by atoms with van der Waals surface area (Å²) in [5.41, 5.74) is 0.818. The highest BCUT2D eigenvalue weighted by atomic mass is 16.5. The number of carboxylic acid groups (broad SMARTS) is 1. The number of hydrogen-bond acceptors (Lipinski definition) is 3. The Morgan fingerprint density at radius 3 is 2.52 bits per heavy atom. The third kappa shape index (κ3) is 3.42. The van der Waals surface area contributed by atoms with Crippen molar-refractivity contribution in [1.29, 1.82) is 0 Å². The first-order valence-corrected chi connectivity index (χ1v) is 7.14. The molecule has 0 saturated carbocycles. The number of nitrogens with zero attached hydrogens (tertiary/aromatic N) is 1. The molecular weight excluding hydrogens is 270 g/mol. The fraction of sp³-hybridized carbons (Fsp3) is 0.500. The van der Waals surface area contributed by atoms with Crippen LogP contribution in [0.4, 0.5) is 0 Å². The second kappa shape index (κ2) is 6.72. The summed E-state index contributed by atoms with van der Waals surface area (Å²) in [5.74, 6) is -1.29. The Bertz CT molecular complexity index is 502. The number of likely N-dealkylation sites (tertiary alicyclic amines) is 1. The van der Waals surface area contributed by atoms with Crippen LogP contribution in [-0.2, 0) is 14.3 Å². The summed E-state index contributed by atoms with van der Waals surface area (Å²) in [6, 6.07) is 9.35. The van der Waals surface area contributed by atoms with Gasteiger partial charge in [-0.3, -0.25) is 9.59 Å². The van der Waals surface area contributed by atoms with Crippen molar-refractivity contribution in [2.24, 2.45) is 11.8 Å². The number of hydrogen-bond donors (Lipinski definition) is 1. The van der Waals surface area contributed by atoms with Crippen LogP contribution in [0.3, 0.4) is 0 Å². The van der Waals surface area contributed by atoms with E-state index in [4.69, 9.17) is 9.84 Å². The van der Waals surface area contributed by atoms with E-state index in [0.29, 0.717) is 19.5 Å². The molecule has 5 heteroatoms. The molecule has 1 aliphatic heterocycles. The lowest BCUT2D eigenvalue weighted by molar-refractivity contribution is -0.152. The Labute approximate surface area is 124 Å². The molecule has 21 heavy (non-hydrogen) atoms. The summed E-state index contributed by atoms with van der Waals surface area (Å²) in [6.45, 7) is 2.80. The smallest absolute Gasteiger partial charge is 0.306 e. The minimum Gasteiger partial charge on any atom is -0.481 e. The highest BCUT2D eigenvalue weighted by Crippen LogP contribution is 2.27. The summed E-state index contributed by atoms with van der Waals surface area (Å²) in [4.78, 5) is 25.4. The maximum atomic E-state index is 12.6. The van der Waals surface area contributed by atoms with Crippen molar-refractivity contribution >= 4 is 11.9 Å². The Morgan fingerprint density at radius 2 is 2.00 bits per heavy atom. The summed E-state index contributed by atoms with van der Waals surface area (Å²) < 4.78 is 5.35. The van der Waals surface area contributed by atoms with Gasteiger partial charge >= 0.3 is 5.97 Å². The number of rotatable bonds is 4. The number of carbonyl (C=O) groups excluding carboxylic acids is 1. The van der Waals surface area contributed by atoms with E-state index < -0.39 is 12.1 Å². The molecule has 114 valence electrons. The zero-order valence-corrected chi connectivity index (χ0v) is 12.4. The lowest BCUT2D eigenvalue weighted by Gasteiger charge is -2.36. The van der Waals surface area contributed by atoms with Crippen LogP contribution in [0.5, 0.6) is 0 Å². The molecule has 1 heterocycles. The van der Waals surface area contributed by atoms with Crippen LogP contribution in [0, 0.1) is 11.8 Å². The fourth-order valence-electron chi connectivity index (χ4n) is 2.89. The first-order chi connectivity index (χ1) is 10.0. The maximum Gasteiger partial charge on any atom is 0.306 e. The van der Waals surface area contributed by atoms with Crippen LogP contribution in [-0.4, -0.2) is 42.1 Å². The van der Waals surface area contributed by atoms with Crippen molar-refractivity contribution in [3.05, 3.63) is 35.9 Å². The van der Waals surface area contributed by atoms with Crippen molar-refractivity contribution < 1.29 is 19.4 Å². The average molecular weight is 291 g/mol. The molecule has 1 amide bonds. The van der Waals surface area contributed by atoms with E-state index in [0.717, 1.165) is 5.56 Å². The Hall–Kier alpha value is -1.88. The van der Waals surface area contributed by atoms with Gasteiger partial charge in [-0.25, -0.2) is 0 Å². The number of methoxy groups -OCH3 is 1. The zero-order chi connectivity index (χ0) is 15.4. The van der Waals surface area contributed by atoms with Gasteiger partial charge < -0.3 is 14.7 Å². The van der Waals surface area contributed by atoms with Gasteiger partial charge in [0.1, 0.15) is 0 Å². The molecule has 1 saturated heterocycles. The Balaban J connectivity index is 2.08. The molecule has 1 N–H and O–H groups in total. The van der Waals surface area contributed by atoms with Crippen molar-refractivity contribution in [2.45, 2.75) is 19.4 Å². The van der Waals surface area contributed by atoms with E-state index >= 15 is 0 Å². The quantitative estimate of drug-likeness (QED) is 0.920. The Morgan fingerprint density at radius 1 is 1.33 bits per heavy atom. The maximum absolute atomic E-state index is 12.6. The SMILES string of the molecule is COC(C(=O)N1CCC(C(=O)O)C(C)C1)c1ccccc1. The van der Waals surface area contributed by atoms with E-state index in [2.05, 4.69) is 0 Å². The van der Waals surface area contributed by atoms with Gasteiger partial charge in [0.15, 0.2) is 6.10 Å². The molecule has 0 aliphatic carbocycles. The monoisotopic (exact) mass is 291 g/mol.